The fourth-order valence-electron chi connectivity index (χ4n) is 4.22. The third-order valence-electron chi connectivity index (χ3n) is 6.07. The summed E-state index contributed by atoms with van der Waals surface area (Å²) in [6.45, 7) is 0.287. The van der Waals surface area contributed by atoms with Crippen LogP contribution in [0.2, 0.25) is 0 Å². The summed E-state index contributed by atoms with van der Waals surface area (Å²) in [5.41, 5.74) is 3.84. The lowest BCUT2D eigenvalue weighted by atomic mass is 10.1. The molecule has 0 saturated heterocycles. The number of aromatic nitrogens is 3. The Morgan fingerprint density at radius 3 is 2.64 bits per heavy atom. The molecule has 10 heteroatoms. The number of fused-ring (bicyclic) bond motifs is 2. The van der Waals surface area contributed by atoms with Crippen molar-refractivity contribution in [2.45, 2.75) is 13.0 Å². The van der Waals surface area contributed by atoms with Crippen molar-refractivity contribution in [1.82, 2.24) is 14.6 Å². The minimum absolute atomic E-state index is 0.0764. The van der Waals surface area contributed by atoms with Crippen LogP contribution in [0.5, 0.6) is 16.7 Å². The summed E-state index contributed by atoms with van der Waals surface area (Å²) in [6.07, 6.45) is 2.10. The van der Waals surface area contributed by atoms with Gasteiger partial charge in [-0.05, 0) is 40.7 Å². The van der Waals surface area contributed by atoms with Gasteiger partial charge in [-0.25, -0.2) is 9.50 Å². The van der Waals surface area contributed by atoms with Crippen LogP contribution in [0.1, 0.15) is 11.1 Å². The number of amides is 1. The third kappa shape index (κ3) is 5.27. The number of furan rings is 1. The lowest BCUT2D eigenvalue weighted by Crippen LogP contribution is -2.14. The first kappa shape index (κ1) is 24.5. The minimum Gasteiger partial charge on any atom is -0.496 e. The van der Waals surface area contributed by atoms with E-state index in [1.807, 2.05) is 72.8 Å². The van der Waals surface area contributed by atoms with Crippen molar-refractivity contribution < 1.29 is 23.4 Å². The van der Waals surface area contributed by atoms with Crippen LogP contribution in [0.15, 0.2) is 83.4 Å². The highest BCUT2D eigenvalue weighted by molar-refractivity contribution is 7.18. The molecule has 0 fully saturated rings. The highest BCUT2D eigenvalue weighted by Gasteiger charge is 2.17. The van der Waals surface area contributed by atoms with E-state index in [1.165, 1.54) is 11.3 Å². The molecule has 6 rings (SSSR count). The highest BCUT2D eigenvalue weighted by atomic mass is 32.1. The van der Waals surface area contributed by atoms with Gasteiger partial charge in [0.1, 0.15) is 29.4 Å². The summed E-state index contributed by atoms with van der Waals surface area (Å²) >= 11 is 1.35. The lowest BCUT2D eigenvalue weighted by Gasteiger charge is -2.11. The van der Waals surface area contributed by atoms with E-state index in [-0.39, 0.29) is 12.5 Å². The standard InChI is InChI=1S/C29H24N4O5S/c1-35-21-13-24(22-15-26(38-25(22)14-21)23-16-33-28(31-23)39-29(32-33)36-2)37-17-19-9-6-10-20(11-19)30-27(34)12-18-7-4-3-5-8-18/h3-11,13-16H,12,17H2,1-2H3,(H,30,34). The number of ether oxygens (including phenoxy) is 3. The van der Waals surface area contributed by atoms with Gasteiger partial charge in [-0.3, -0.25) is 4.79 Å². The Hall–Kier alpha value is -4.83. The van der Waals surface area contributed by atoms with Gasteiger partial charge in [-0.1, -0.05) is 42.5 Å². The smallest absolute Gasteiger partial charge is 0.294 e. The normalized spacial score (nSPS) is 11.1. The molecule has 196 valence electrons. The second-order valence-corrected chi connectivity index (χ2v) is 9.69. The maximum atomic E-state index is 12.5. The van der Waals surface area contributed by atoms with E-state index < -0.39 is 0 Å². The zero-order chi connectivity index (χ0) is 26.8. The van der Waals surface area contributed by atoms with Crippen molar-refractivity contribution >= 4 is 38.9 Å². The van der Waals surface area contributed by atoms with Gasteiger partial charge in [-0.2, -0.15) is 0 Å². The number of anilines is 1. The summed E-state index contributed by atoms with van der Waals surface area (Å²) < 4.78 is 24.7. The number of rotatable bonds is 9. The molecule has 0 atom stereocenters. The monoisotopic (exact) mass is 540 g/mol. The van der Waals surface area contributed by atoms with Crippen LogP contribution in [-0.2, 0) is 17.8 Å². The van der Waals surface area contributed by atoms with E-state index in [0.717, 1.165) is 16.5 Å². The SMILES string of the molecule is COc1cc(OCc2cccc(NC(=O)Cc3ccccc3)c2)c2cc(-c3cn4nc(OC)sc4n3)oc2c1. The Kier molecular flexibility index (Phi) is 6.60. The molecule has 0 bridgehead atoms. The van der Waals surface area contributed by atoms with E-state index in [1.54, 1.807) is 24.9 Å². The number of benzene rings is 3. The van der Waals surface area contributed by atoms with Gasteiger partial charge in [0.15, 0.2) is 5.76 Å². The molecule has 6 aromatic rings. The van der Waals surface area contributed by atoms with Gasteiger partial charge in [0.2, 0.25) is 10.9 Å². The fraction of sp³-hybridized carbons (Fsp3) is 0.138. The van der Waals surface area contributed by atoms with Crippen LogP contribution in [0.3, 0.4) is 0 Å². The van der Waals surface area contributed by atoms with Gasteiger partial charge in [0.05, 0.1) is 32.2 Å². The molecule has 0 spiro atoms. The average Bonchev–Trinajstić information content (AvgIpc) is 3.65. The quantitative estimate of drug-likeness (QED) is 0.241. The molecule has 9 nitrogen and oxygen atoms in total. The second kappa shape index (κ2) is 10.5. The molecular weight excluding hydrogens is 516 g/mol. The molecule has 3 aromatic heterocycles. The number of carbonyl (C=O) groups excluding carboxylic acids is 1. The van der Waals surface area contributed by atoms with Crippen LogP contribution < -0.4 is 19.5 Å². The van der Waals surface area contributed by atoms with Crippen LogP contribution in [0, 0.1) is 0 Å². The Morgan fingerprint density at radius 1 is 1.00 bits per heavy atom. The summed E-state index contributed by atoms with van der Waals surface area (Å²) in [5, 5.41) is 8.61. The van der Waals surface area contributed by atoms with Crippen LogP contribution in [0.4, 0.5) is 5.69 Å². The van der Waals surface area contributed by atoms with Gasteiger partial charge in [0, 0.05) is 17.8 Å². The number of hydrogen-bond donors (Lipinski definition) is 1. The number of nitrogens with one attached hydrogen (secondary N) is 1. The van der Waals surface area contributed by atoms with E-state index in [4.69, 9.17) is 18.6 Å². The van der Waals surface area contributed by atoms with Gasteiger partial charge < -0.3 is 23.9 Å². The molecule has 3 aromatic carbocycles. The Labute approximate surface area is 227 Å². The number of hydrogen-bond acceptors (Lipinski definition) is 8. The molecule has 1 N–H and O–H groups in total. The first-order chi connectivity index (χ1) is 19.1. The van der Waals surface area contributed by atoms with Crippen LogP contribution in [0.25, 0.3) is 27.4 Å². The Balaban J connectivity index is 1.20. The van der Waals surface area contributed by atoms with E-state index in [9.17, 15) is 4.79 Å². The lowest BCUT2D eigenvalue weighted by molar-refractivity contribution is -0.115. The van der Waals surface area contributed by atoms with Crippen molar-refractivity contribution in [1.29, 1.82) is 0 Å². The average molecular weight is 541 g/mol. The predicted octanol–water partition coefficient (Wildman–Crippen LogP) is 5.98. The van der Waals surface area contributed by atoms with Crippen molar-refractivity contribution in [2.24, 2.45) is 0 Å². The van der Waals surface area contributed by atoms with Crippen LogP contribution >= 0.6 is 11.3 Å². The number of nitrogens with zero attached hydrogens (tertiary/aromatic N) is 3. The van der Waals surface area contributed by atoms with Gasteiger partial charge >= 0.3 is 0 Å². The largest absolute Gasteiger partial charge is 0.496 e. The maximum absolute atomic E-state index is 12.5. The predicted molar refractivity (Wildman–Crippen MR) is 149 cm³/mol. The molecule has 0 unspecified atom stereocenters. The molecule has 0 radical (unpaired) electrons. The summed E-state index contributed by atoms with van der Waals surface area (Å²) in [5.74, 6) is 1.73. The first-order valence-electron chi connectivity index (χ1n) is 12.2. The van der Waals surface area contributed by atoms with Crippen molar-refractivity contribution in [2.75, 3.05) is 19.5 Å². The van der Waals surface area contributed by atoms with E-state index in [2.05, 4.69) is 15.4 Å². The molecule has 3 heterocycles. The molecule has 0 aliphatic carbocycles. The summed E-state index contributed by atoms with van der Waals surface area (Å²) in [4.78, 5) is 17.8. The highest BCUT2D eigenvalue weighted by Crippen LogP contribution is 2.37. The molecule has 0 aliphatic heterocycles. The zero-order valence-corrected chi connectivity index (χ0v) is 22.0. The summed E-state index contributed by atoms with van der Waals surface area (Å²) in [6, 6.07) is 22.8. The zero-order valence-electron chi connectivity index (χ0n) is 21.2. The van der Waals surface area contributed by atoms with Crippen molar-refractivity contribution in [3.05, 3.63) is 90.1 Å². The van der Waals surface area contributed by atoms with Gasteiger partial charge in [-0.15, -0.1) is 5.10 Å². The third-order valence-corrected chi connectivity index (χ3v) is 6.96. The second-order valence-electron chi connectivity index (χ2n) is 8.77. The number of imidazole rings is 1. The topological polar surface area (TPSA) is 100 Å². The molecule has 0 saturated carbocycles. The van der Waals surface area contributed by atoms with Gasteiger partial charge in [0.25, 0.3) is 5.19 Å². The number of methoxy groups -OCH3 is 2. The Morgan fingerprint density at radius 2 is 1.85 bits per heavy atom. The van der Waals surface area contributed by atoms with Crippen molar-refractivity contribution in [3.8, 4) is 28.1 Å². The molecule has 0 aliphatic rings. The molecular formula is C29H24N4O5S. The van der Waals surface area contributed by atoms with Crippen LogP contribution in [-0.4, -0.2) is 34.7 Å². The fourth-order valence-corrected chi connectivity index (χ4v) is 4.92. The van der Waals surface area contributed by atoms with Crippen molar-refractivity contribution in [3.63, 3.8) is 0 Å². The van der Waals surface area contributed by atoms with E-state index >= 15 is 0 Å². The molecule has 39 heavy (non-hydrogen) atoms. The Bertz CT molecular complexity index is 1740. The number of carbonyl (C=O) groups is 1. The summed E-state index contributed by atoms with van der Waals surface area (Å²) in [7, 11) is 3.17. The van der Waals surface area contributed by atoms with E-state index in [0.29, 0.717) is 50.8 Å². The first-order valence-corrected chi connectivity index (χ1v) is 13.0. The molecule has 1 amide bonds. The minimum atomic E-state index is -0.0764. The maximum Gasteiger partial charge on any atom is 0.294 e.